The second kappa shape index (κ2) is 9.98. The van der Waals surface area contributed by atoms with Crippen molar-refractivity contribution in [1.29, 1.82) is 0 Å². The predicted octanol–water partition coefficient (Wildman–Crippen LogP) is 4.01. The lowest BCUT2D eigenvalue weighted by atomic mass is 9.93. The van der Waals surface area contributed by atoms with Gasteiger partial charge in [-0.1, -0.05) is 25.5 Å². The van der Waals surface area contributed by atoms with Crippen LogP contribution in [0.3, 0.4) is 0 Å². The molecule has 1 atom stereocenters. The largest absolute Gasteiger partial charge is 0.497 e. The summed E-state index contributed by atoms with van der Waals surface area (Å²) in [6, 6.07) is 9.77. The maximum absolute atomic E-state index is 13.4. The molecule has 162 valence electrons. The van der Waals surface area contributed by atoms with Gasteiger partial charge in [-0.2, -0.15) is 0 Å². The van der Waals surface area contributed by atoms with Crippen molar-refractivity contribution in [1.82, 2.24) is 14.7 Å². The van der Waals surface area contributed by atoms with Crippen LogP contribution in [0.15, 0.2) is 35.7 Å². The second-order valence-corrected chi connectivity index (χ2v) is 8.76. The lowest BCUT2D eigenvalue weighted by molar-refractivity contribution is -0.134. The van der Waals surface area contributed by atoms with Crippen LogP contribution in [0.4, 0.5) is 4.79 Å². The van der Waals surface area contributed by atoms with Crippen LogP contribution in [-0.4, -0.2) is 67.5 Å². The van der Waals surface area contributed by atoms with Gasteiger partial charge < -0.3 is 19.4 Å². The number of unbranched alkanes of at least 4 members (excludes halogenated alkanes) is 1. The molecule has 0 spiro atoms. The number of carbonyl (C=O) groups is 2. The van der Waals surface area contributed by atoms with Crippen molar-refractivity contribution in [3.05, 3.63) is 51.7 Å². The van der Waals surface area contributed by atoms with Crippen LogP contribution in [0.25, 0.3) is 0 Å². The Morgan fingerprint density at radius 2 is 1.93 bits per heavy atom. The molecule has 3 rings (SSSR count). The van der Waals surface area contributed by atoms with Crippen molar-refractivity contribution in [2.24, 2.45) is 0 Å². The molecular formula is C23H31N3O3S. The molecule has 2 heterocycles. The highest BCUT2D eigenvalue weighted by atomic mass is 32.1. The molecule has 0 bridgehead atoms. The first kappa shape index (κ1) is 22.2. The third-order valence-corrected chi connectivity index (χ3v) is 6.48. The first-order chi connectivity index (χ1) is 14.5. The summed E-state index contributed by atoms with van der Waals surface area (Å²) >= 11 is 1.75. The Hall–Kier alpha value is -2.54. The number of hydrogen-bond donors (Lipinski definition) is 0. The second-order valence-electron chi connectivity index (χ2n) is 7.76. The zero-order valence-corrected chi connectivity index (χ0v) is 19.1. The maximum atomic E-state index is 13.4. The fourth-order valence-electron chi connectivity index (χ4n) is 3.86. The molecule has 1 aliphatic heterocycles. The summed E-state index contributed by atoms with van der Waals surface area (Å²) in [5.74, 6) is 0.777. The Morgan fingerprint density at radius 3 is 2.57 bits per heavy atom. The molecule has 7 heteroatoms. The number of amides is 3. The lowest BCUT2D eigenvalue weighted by Gasteiger charge is -2.38. The molecule has 0 radical (unpaired) electrons. The zero-order valence-electron chi connectivity index (χ0n) is 18.3. The highest BCUT2D eigenvalue weighted by molar-refractivity contribution is 7.10. The Labute approximate surface area is 183 Å². The van der Waals surface area contributed by atoms with Crippen molar-refractivity contribution in [3.8, 4) is 5.75 Å². The number of ether oxygens (including phenoxy) is 1. The Balaban J connectivity index is 1.87. The van der Waals surface area contributed by atoms with Crippen LogP contribution in [0.1, 0.15) is 41.8 Å². The normalized spacial score (nSPS) is 15.5. The first-order valence-electron chi connectivity index (χ1n) is 10.4. The maximum Gasteiger partial charge on any atom is 0.319 e. The summed E-state index contributed by atoms with van der Waals surface area (Å²) in [5.41, 5.74) is 2.24. The quantitative estimate of drug-likeness (QED) is 0.668. The van der Waals surface area contributed by atoms with E-state index in [0.717, 1.165) is 30.6 Å². The number of methoxy groups -OCH3 is 1. The molecule has 1 aromatic carbocycles. The monoisotopic (exact) mass is 429 g/mol. The van der Waals surface area contributed by atoms with E-state index in [4.69, 9.17) is 4.74 Å². The van der Waals surface area contributed by atoms with Gasteiger partial charge in [-0.05, 0) is 47.5 Å². The van der Waals surface area contributed by atoms with Crippen molar-refractivity contribution >= 4 is 23.3 Å². The number of benzene rings is 1. The van der Waals surface area contributed by atoms with E-state index >= 15 is 0 Å². The van der Waals surface area contributed by atoms with Crippen molar-refractivity contribution in [2.45, 2.75) is 32.2 Å². The Kier molecular flexibility index (Phi) is 7.37. The number of fused-ring (bicyclic) bond motifs is 1. The Morgan fingerprint density at radius 1 is 1.20 bits per heavy atom. The molecule has 1 aliphatic rings. The topological polar surface area (TPSA) is 53.1 Å². The van der Waals surface area contributed by atoms with Gasteiger partial charge >= 0.3 is 6.03 Å². The third kappa shape index (κ3) is 4.78. The van der Waals surface area contributed by atoms with Gasteiger partial charge in [-0.3, -0.25) is 4.79 Å². The molecule has 0 aliphatic carbocycles. The van der Waals surface area contributed by atoms with Gasteiger partial charge in [0.05, 0.1) is 13.2 Å². The molecule has 0 saturated heterocycles. The summed E-state index contributed by atoms with van der Waals surface area (Å²) in [4.78, 5) is 32.5. The van der Waals surface area contributed by atoms with E-state index in [1.54, 1.807) is 37.4 Å². The van der Waals surface area contributed by atoms with Crippen molar-refractivity contribution in [3.63, 3.8) is 0 Å². The number of thiophene rings is 1. The molecular weight excluding hydrogens is 398 g/mol. The van der Waals surface area contributed by atoms with Crippen LogP contribution in [0.5, 0.6) is 5.75 Å². The minimum atomic E-state index is -0.138. The highest BCUT2D eigenvalue weighted by Gasteiger charge is 2.34. The molecule has 1 unspecified atom stereocenters. The van der Waals surface area contributed by atoms with Gasteiger partial charge in [-0.25, -0.2) is 4.79 Å². The van der Waals surface area contributed by atoms with Gasteiger partial charge in [0.1, 0.15) is 12.3 Å². The van der Waals surface area contributed by atoms with Gasteiger partial charge in [0, 0.05) is 32.1 Å². The molecule has 6 nitrogen and oxygen atoms in total. The van der Waals surface area contributed by atoms with Crippen molar-refractivity contribution < 1.29 is 14.3 Å². The van der Waals surface area contributed by atoms with E-state index in [1.807, 2.05) is 29.2 Å². The minimum Gasteiger partial charge on any atom is -0.497 e. The summed E-state index contributed by atoms with van der Waals surface area (Å²) in [7, 11) is 5.10. The SMILES string of the molecule is CCCCN(CC(=O)N1CCc2sccc2C1c1ccc(OC)cc1)C(=O)N(C)C. The smallest absolute Gasteiger partial charge is 0.319 e. The number of hydrogen-bond acceptors (Lipinski definition) is 4. The average molecular weight is 430 g/mol. The number of rotatable bonds is 7. The van der Waals surface area contributed by atoms with E-state index < -0.39 is 0 Å². The number of carbonyl (C=O) groups excluding carboxylic acids is 2. The van der Waals surface area contributed by atoms with E-state index in [0.29, 0.717) is 13.1 Å². The van der Waals surface area contributed by atoms with E-state index in [2.05, 4.69) is 18.4 Å². The molecule has 30 heavy (non-hydrogen) atoms. The van der Waals surface area contributed by atoms with Gasteiger partial charge in [-0.15, -0.1) is 11.3 Å². The van der Waals surface area contributed by atoms with Crippen LogP contribution in [-0.2, 0) is 11.2 Å². The fourth-order valence-corrected chi connectivity index (χ4v) is 4.76. The average Bonchev–Trinajstić information content (AvgIpc) is 3.24. The first-order valence-corrected chi connectivity index (χ1v) is 11.3. The highest BCUT2D eigenvalue weighted by Crippen LogP contribution is 2.38. The molecule has 0 fully saturated rings. The lowest BCUT2D eigenvalue weighted by Crippen LogP contribution is -2.49. The van der Waals surface area contributed by atoms with E-state index in [9.17, 15) is 9.59 Å². The Bertz CT molecular complexity index is 863. The van der Waals surface area contributed by atoms with E-state index in [1.165, 1.54) is 15.3 Å². The fraction of sp³-hybridized carbons (Fsp3) is 0.478. The number of nitrogens with zero attached hydrogens (tertiary/aromatic N) is 3. The minimum absolute atomic E-state index is 0.0148. The van der Waals surface area contributed by atoms with Crippen LogP contribution < -0.4 is 4.74 Å². The van der Waals surface area contributed by atoms with Gasteiger partial charge in [0.2, 0.25) is 5.91 Å². The van der Waals surface area contributed by atoms with Gasteiger partial charge in [0.25, 0.3) is 0 Å². The van der Waals surface area contributed by atoms with Crippen LogP contribution >= 0.6 is 11.3 Å². The third-order valence-electron chi connectivity index (χ3n) is 5.48. The summed E-state index contributed by atoms with van der Waals surface area (Å²) < 4.78 is 5.30. The predicted molar refractivity (Wildman–Crippen MR) is 120 cm³/mol. The van der Waals surface area contributed by atoms with Gasteiger partial charge in [0.15, 0.2) is 0 Å². The summed E-state index contributed by atoms with van der Waals surface area (Å²) in [5, 5.41) is 2.10. The summed E-state index contributed by atoms with van der Waals surface area (Å²) in [6.07, 6.45) is 2.70. The molecule has 0 saturated carbocycles. The van der Waals surface area contributed by atoms with Crippen LogP contribution in [0.2, 0.25) is 0 Å². The molecule has 3 amide bonds. The zero-order chi connectivity index (χ0) is 21.7. The molecule has 1 aromatic heterocycles. The van der Waals surface area contributed by atoms with E-state index in [-0.39, 0.29) is 24.5 Å². The molecule has 0 N–H and O–H groups in total. The summed E-state index contributed by atoms with van der Waals surface area (Å²) in [6.45, 7) is 3.43. The van der Waals surface area contributed by atoms with Crippen molar-refractivity contribution in [2.75, 3.05) is 40.8 Å². The number of urea groups is 1. The standard InChI is InChI=1S/C23H31N3O3S/c1-5-6-13-25(23(28)24(2)3)16-21(27)26-14-11-20-19(12-15-30-20)22(26)17-7-9-18(29-4)10-8-17/h7-10,12,15,22H,5-6,11,13-14,16H2,1-4H3. The van der Waals surface area contributed by atoms with Crippen LogP contribution in [0, 0.1) is 0 Å². The molecule has 2 aromatic rings.